The molecule has 1 aromatic heterocycles. The Kier molecular flexibility index (Phi) is 4.68. The van der Waals surface area contributed by atoms with E-state index in [1.54, 1.807) is 0 Å². The van der Waals surface area contributed by atoms with Gasteiger partial charge in [0.25, 0.3) is 0 Å². The van der Waals surface area contributed by atoms with E-state index in [-0.39, 0.29) is 0 Å². The van der Waals surface area contributed by atoms with E-state index in [4.69, 9.17) is 4.74 Å². The van der Waals surface area contributed by atoms with Gasteiger partial charge in [-0.2, -0.15) is 5.10 Å². The Hall–Kier alpha value is -1.65. The highest BCUT2D eigenvalue weighted by molar-refractivity contribution is 5.40. The summed E-state index contributed by atoms with van der Waals surface area (Å²) in [5.41, 5.74) is 2.44. The molecule has 1 unspecified atom stereocenters. The minimum Gasteiger partial charge on any atom is -0.377 e. The van der Waals surface area contributed by atoms with Crippen LogP contribution in [0, 0.1) is 0 Å². The first-order valence-corrected chi connectivity index (χ1v) is 7.71. The molecule has 0 spiro atoms. The van der Waals surface area contributed by atoms with Crippen LogP contribution in [0.1, 0.15) is 24.8 Å². The molecule has 112 valence electrons. The van der Waals surface area contributed by atoms with Crippen LogP contribution < -0.4 is 0 Å². The topological polar surface area (TPSA) is 30.3 Å². The number of hydrogen-bond donors (Lipinski definition) is 0. The Balaban J connectivity index is 1.67. The van der Waals surface area contributed by atoms with Crippen molar-refractivity contribution >= 4 is 0 Å². The fourth-order valence-corrected chi connectivity index (χ4v) is 2.93. The predicted molar refractivity (Wildman–Crippen MR) is 83.5 cm³/mol. The second-order valence-corrected chi connectivity index (χ2v) is 5.76. The molecule has 1 aromatic carbocycles. The van der Waals surface area contributed by atoms with Gasteiger partial charge < -0.3 is 4.74 Å². The lowest BCUT2D eigenvalue weighted by Crippen LogP contribution is -2.33. The number of para-hydroxylation sites is 1. The summed E-state index contributed by atoms with van der Waals surface area (Å²) in [7, 11) is 2.16. The Bertz CT molecular complexity index is 547. The van der Waals surface area contributed by atoms with Crippen molar-refractivity contribution in [3.8, 4) is 5.69 Å². The lowest BCUT2D eigenvalue weighted by atomic mass is 10.1. The number of benzene rings is 1. The van der Waals surface area contributed by atoms with Crippen molar-refractivity contribution in [2.24, 2.45) is 0 Å². The van der Waals surface area contributed by atoms with Crippen LogP contribution >= 0.6 is 0 Å². The van der Waals surface area contributed by atoms with Crippen molar-refractivity contribution in [2.45, 2.75) is 31.9 Å². The van der Waals surface area contributed by atoms with E-state index in [1.165, 1.54) is 24.8 Å². The van der Waals surface area contributed by atoms with Crippen LogP contribution in [0.15, 0.2) is 42.7 Å². The molecule has 4 heteroatoms. The first kappa shape index (κ1) is 14.3. The zero-order valence-electron chi connectivity index (χ0n) is 12.6. The summed E-state index contributed by atoms with van der Waals surface area (Å²) in [5.74, 6) is 0. The van der Waals surface area contributed by atoms with E-state index >= 15 is 0 Å². The maximum Gasteiger partial charge on any atom is 0.0702 e. The number of likely N-dealkylation sites (N-methyl/N-ethyl adjacent to an activating group) is 1. The van der Waals surface area contributed by atoms with Crippen molar-refractivity contribution in [3.63, 3.8) is 0 Å². The number of ether oxygens (including phenoxy) is 1. The summed E-state index contributed by atoms with van der Waals surface area (Å²) in [6.45, 7) is 2.83. The largest absolute Gasteiger partial charge is 0.377 e. The summed E-state index contributed by atoms with van der Waals surface area (Å²) in [6, 6.07) is 10.4. The first-order valence-electron chi connectivity index (χ1n) is 7.71. The molecule has 2 heterocycles. The molecule has 1 atom stereocenters. The van der Waals surface area contributed by atoms with E-state index in [0.717, 1.165) is 25.4 Å². The van der Waals surface area contributed by atoms with Crippen LogP contribution in [0.2, 0.25) is 0 Å². The Morgan fingerprint density at radius 3 is 2.95 bits per heavy atom. The molecule has 0 N–H and O–H groups in total. The van der Waals surface area contributed by atoms with Gasteiger partial charge in [0, 0.05) is 32.1 Å². The van der Waals surface area contributed by atoms with Gasteiger partial charge in [-0.05, 0) is 44.0 Å². The van der Waals surface area contributed by atoms with E-state index in [9.17, 15) is 0 Å². The summed E-state index contributed by atoms with van der Waals surface area (Å²) in [4.78, 5) is 2.35. The van der Waals surface area contributed by atoms with E-state index < -0.39 is 0 Å². The summed E-state index contributed by atoms with van der Waals surface area (Å²) >= 11 is 0. The van der Waals surface area contributed by atoms with Crippen molar-refractivity contribution in [1.82, 2.24) is 14.7 Å². The van der Waals surface area contributed by atoms with Gasteiger partial charge in [0.2, 0.25) is 0 Å². The molecule has 0 saturated carbocycles. The smallest absolute Gasteiger partial charge is 0.0702 e. The predicted octanol–water partition coefficient (Wildman–Crippen LogP) is 2.87. The molecular formula is C17H23N3O. The van der Waals surface area contributed by atoms with Gasteiger partial charge in [-0.15, -0.1) is 0 Å². The van der Waals surface area contributed by atoms with Gasteiger partial charge in [0.15, 0.2) is 0 Å². The highest BCUT2D eigenvalue weighted by atomic mass is 16.5. The maximum absolute atomic E-state index is 5.83. The van der Waals surface area contributed by atoms with E-state index in [2.05, 4.69) is 41.3 Å². The second-order valence-electron chi connectivity index (χ2n) is 5.76. The van der Waals surface area contributed by atoms with Crippen LogP contribution in [0.3, 0.4) is 0 Å². The van der Waals surface area contributed by atoms with Crippen molar-refractivity contribution in [1.29, 1.82) is 0 Å². The molecule has 0 aliphatic carbocycles. The molecule has 3 rings (SSSR count). The van der Waals surface area contributed by atoms with Crippen molar-refractivity contribution in [3.05, 3.63) is 48.3 Å². The molecule has 1 fully saturated rings. The van der Waals surface area contributed by atoms with E-state index in [0.29, 0.717) is 6.10 Å². The normalized spacial score (nSPS) is 19.0. The van der Waals surface area contributed by atoms with Crippen LogP contribution in [0.5, 0.6) is 0 Å². The molecule has 21 heavy (non-hydrogen) atoms. The molecule has 0 radical (unpaired) electrons. The van der Waals surface area contributed by atoms with Crippen molar-refractivity contribution < 1.29 is 4.74 Å². The van der Waals surface area contributed by atoms with Gasteiger partial charge in [-0.25, -0.2) is 4.68 Å². The quantitative estimate of drug-likeness (QED) is 0.846. The van der Waals surface area contributed by atoms with Gasteiger partial charge >= 0.3 is 0 Å². The molecule has 1 saturated heterocycles. The van der Waals surface area contributed by atoms with Gasteiger partial charge in [-0.1, -0.05) is 18.2 Å². The minimum atomic E-state index is 0.389. The molecule has 1 aliphatic heterocycles. The third-order valence-corrected chi connectivity index (χ3v) is 3.97. The molecule has 4 nitrogen and oxygen atoms in total. The molecular weight excluding hydrogens is 262 g/mol. The van der Waals surface area contributed by atoms with Gasteiger partial charge in [0.1, 0.15) is 0 Å². The summed E-state index contributed by atoms with van der Waals surface area (Å²) in [6.07, 6.45) is 7.88. The standard InChI is InChI=1S/C17H23N3O/c1-19(14-16-8-4-5-12-21-16)13-15-7-2-3-9-17(15)20-11-6-10-18-20/h2-3,6-7,9-11,16H,4-5,8,12-14H2,1H3. The van der Waals surface area contributed by atoms with Crippen LogP contribution in [-0.4, -0.2) is 41.0 Å². The lowest BCUT2D eigenvalue weighted by Gasteiger charge is -2.27. The first-order chi connectivity index (χ1) is 10.3. The Labute approximate surface area is 126 Å². The summed E-state index contributed by atoms with van der Waals surface area (Å²) < 4.78 is 7.76. The maximum atomic E-state index is 5.83. The fraction of sp³-hybridized carbons (Fsp3) is 0.471. The minimum absolute atomic E-state index is 0.389. The zero-order valence-corrected chi connectivity index (χ0v) is 12.6. The Morgan fingerprint density at radius 1 is 1.29 bits per heavy atom. The number of rotatable bonds is 5. The van der Waals surface area contributed by atoms with Crippen molar-refractivity contribution in [2.75, 3.05) is 20.2 Å². The number of aromatic nitrogens is 2. The summed E-state index contributed by atoms with van der Waals surface area (Å²) in [5, 5.41) is 4.34. The molecule has 0 bridgehead atoms. The van der Waals surface area contributed by atoms with Crippen LogP contribution in [0.4, 0.5) is 0 Å². The fourth-order valence-electron chi connectivity index (χ4n) is 2.93. The van der Waals surface area contributed by atoms with Gasteiger partial charge in [-0.3, -0.25) is 4.90 Å². The average Bonchev–Trinajstić information content (AvgIpc) is 3.03. The van der Waals surface area contributed by atoms with E-state index in [1.807, 2.05) is 23.1 Å². The zero-order chi connectivity index (χ0) is 14.5. The average molecular weight is 285 g/mol. The second kappa shape index (κ2) is 6.87. The lowest BCUT2D eigenvalue weighted by molar-refractivity contribution is -0.00259. The van der Waals surface area contributed by atoms with Crippen LogP contribution in [0.25, 0.3) is 5.69 Å². The highest BCUT2D eigenvalue weighted by Crippen LogP contribution is 2.17. The highest BCUT2D eigenvalue weighted by Gasteiger charge is 2.16. The molecule has 2 aromatic rings. The number of hydrogen-bond acceptors (Lipinski definition) is 3. The third-order valence-electron chi connectivity index (χ3n) is 3.97. The molecule has 0 amide bonds. The molecule has 1 aliphatic rings. The third kappa shape index (κ3) is 3.71. The Morgan fingerprint density at radius 2 is 2.19 bits per heavy atom. The monoisotopic (exact) mass is 285 g/mol. The SMILES string of the molecule is CN(Cc1ccccc1-n1cccn1)CC1CCCCO1. The van der Waals surface area contributed by atoms with Crippen LogP contribution in [-0.2, 0) is 11.3 Å². The van der Waals surface area contributed by atoms with Gasteiger partial charge in [0.05, 0.1) is 11.8 Å². The number of nitrogens with zero attached hydrogens (tertiary/aromatic N) is 3.